The predicted octanol–water partition coefficient (Wildman–Crippen LogP) is 6.21. The smallest absolute Gasteiger partial charge is 0.421 e. The summed E-state index contributed by atoms with van der Waals surface area (Å²) in [6.07, 6.45) is -1.34. The first kappa shape index (κ1) is 29.7. The molecule has 3 N–H and O–H groups in total. The highest BCUT2D eigenvalue weighted by Gasteiger charge is 2.33. The molecule has 0 unspecified atom stereocenters. The van der Waals surface area contributed by atoms with Gasteiger partial charge in [0.2, 0.25) is 5.91 Å². The van der Waals surface area contributed by atoms with Crippen LogP contribution >= 0.6 is 0 Å². The average molecular weight is 602 g/mol. The number of nitrogen functional groups attached to an aromatic ring is 1. The molecule has 5 aromatic rings. The van der Waals surface area contributed by atoms with Crippen molar-refractivity contribution in [2.45, 2.75) is 19.6 Å². The quantitative estimate of drug-likeness (QED) is 0.167. The van der Waals surface area contributed by atoms with E-state index in [4.69, 9.17) is 10.5 Å². The van der Waals surface area contributed by atoms with E-state index < -0.39 is 29.4 Å². The number of nitriles is 1. The van der Waals surface area contributed by atoms with Crippen LogP contribution in [0.4, 0.5) is 23.4 Å². The van der Waals surface area contributed by atoms with Crippen molar-refractivity contribution < 1.29 is 27.1 Å². The molecule has 3 heterocycles. The maximum atomic E-state index is 15.5. The predicted molar refractivity (Wildman–Crippen MR) is 155 cm³/mol. The van der Waals surface area contributed by atoms with E-state index in [0.29, 0.717) is 33.8 Å². The maximum absolute atomic E-state index is 15.5. The lowest BCUT2D eigenvalue weighted by atomic mass is 9.94. The van der Waals surface area contributed by atoms with Gasteiger partial charge in [-0.15, -0.1) is 0 Å². The fourth-order valence-corrected chi connectivity index (χ4v) is 4.93. The minimum atomic E-state index is -4.74. The van der Waals surface area contributed by atoms with Gasteiger partial charge >= 0.3 is 12.2 Å². The molecule has 9 nitrogen and oxygen atoms in total. The summed E-state index contributed by atoms with van der Waals surface area (Å²) in [4.78, 5) is 22.8. The lowest BCUT2D eigenvalue weighted by molar-refractivity contribution is -0.141. The number of pyridine rings is 1. The highest BCUT2D eigenvalue weighted by molar-refractivity contribution is 6.11. The molecule has 222 valence electrons. The van der Waals surface area contributed by atoms with E-state index in [1.165, 1.54) is 24.4 Å². The van der Waals surface area contributed by atoms with Crippen molar-refractivity contribution >= 4 is 22.6 Å². The van der Waals surface area contributed by atoms with Gasteiger partial charge in [0.1, 0.15) is 11.9 Å². The first-order chi connectivity index (χ1) is 20.9. The summed E-state index contributed by atoms with van der Waals surface area (Å²) in [5.74, 6) is -1.51. The van der Waals surface area contributed by atoms with E-state index >= 15 is 4.39 Å². The monoisotopic (exact) mass is 601 g/mol. The van der Waals surface area contributed by atoms with Crippen LogP contribution < -0.4 is 15.8 Å². The molecule has 44 heavy (non-hydrogen) atoms. The molecule has 0 aliphatic rings. The zero-order valence-corrected chi connectivity index (χ0v) is 23.3. The molecule has 13 heteroatoms. The number of rotatable bonds is 7. The number of aromatic nitrogens is 4. The summed E-state index contributed by atoms with van der Waals surface area (Å²) >= 11 is 0. The molecule has 0 spiro atoms. The molecule has 0 aliphatic heterocycles. The molecule has 0 fully saturated rings. The van der Waals surface area contributed by atoms with Crippen LogP contribution in [0.25, 0.3) is 33.3 Å². The third-order valence-corrected chi connectivity index (χ3v) is 6.90. The van der Waals surface area contributed by atoms with Crippen LogP contribution in [-0.2, 0) is 24.6 Å². The molecule has 0 bridgehead atoms. The van der Waals surface area contributed by atoms with E-state index in [2.05, 4.69) is 32.9 Å². The second-order valence-electron chi connectivity index (χ2n) is 9.72. The number of benzene rings is 2. The Morgan fingerprint density at radius 3 is 2.64 bits per heavy atom. The van der Waals surface area contributed by atoms with Crippen molar-refractivity contribution in [3.05, 3.63) is 95.7 Å². The van der Waals surface area contributed by atoms with Gasteiger partial charge in [-0.05, 0) is 47.9 Å². The molecule has 1 amide bonds. The number of amides is 1. The Kier molecular flexibility index (Phi) is 7.76. The summed E-state index contributed by atoms with van der Waals surface area (Å²) in [5, 5.41) is 13.0. The lowest BCUT2D eigenvalue weighted by Crippen LogP contribution is -2.19. The van der Waals surface area contributed by atoms with Crippen molar-refractivity contribution in [3.63, 3.8) is 0 Å². The third-order valence-electron chi connectivity index (χ3n) is 6.90. The van der Waals surface area contributed by atoms with Crippen molar-refractivity contribution in [2.75, 3.05) is 5.73 Å². The number of fused-ring (bicyclic) bond motifs is 1. The zero-order chi connectivity index (χ0) is 31.8. The number of nitrogens with zero attached hydrogens (tertiary/aromatic N) is 5. The minimum Gasteiger partial charge on any atom is -0.421 e. The standard InChI is InChI=1S/C31H23F4N7O2/c1-4-24(43)39-14-17-5-7-20(16(2)11-17)28-25(26-27(42(28)3)19(13-36)15-40-29(26)37)18-6-8-22(21(32)12-18)44-30-38-10-9-23(41-30)31(33,34)35/h4-12,15H,1,14H2,2-3H3,(H2,37,40)(H,39,43). The Labute approximate surface area is 248 Å². The first-order valence-electron chi connectivity index (χ1n) is 13.0. The van der Waals surface area contributed by atoms with Gasteiger partial charge in [-0.1, -0.05) is 30.8 Å². The van der Waals surface area contributed by atoms with Crippen LogP contribution in [0.15, 0.2) is 67.5 Å². The van der Waals surface area contributed by atoms with E-state index in [9.17, 15) is 23.2 Å². The Balaban J connectivity index is 1.65. The fraction of sp³-hybridized carbons (Fsp3) is 0.129. The van der Waals surface area contributed by atoms with Crippen LogP contribution in [0, 0.1) is 24.1 Å². The van der Waals surface area contributed by atoms with Crippen molar-refractivity contribution in [1.29, 1.82) is 5.26 Å². The number of carbonyl (C=O) groups excluding carboxylic acids is 1. The summed E-state index contributed by atoms with van der Waals surface area (Å²) in [5.41, 5.74) is 9.60. The molecule has 2 aromatic carbocycles. The highest BCUT2D eigenvalue weighted by atomic mass is 19.4. The number of ether oxygens (including phenoxy) is 1. The summed E-state index contributed by atoms with van der Waals surface area (Å²) in [6, 6.07) is 11.6. The van der Waals surface area contributed by atoms with E-state index in [1.54, 1.807) is 11.6 Å². The number of nitrogens with one attached hydrogen (secondary N) is 1. The number of halogens is 4. The van der Waals surface area contributed by atoms with E-state index in [1.807, 2.05) is 25.1 Å². The maximum Gasteiger partial charge on any atom is 0.433 e. The lowest BCUT2D eigenvalue weighted by Gasteiger charge is -2.14. The minimum absolute atomic E-state index is 0.107. The number of anilines is 1. The Hall–Kier alpha value is -5.77. The van der Waals surface area contributed by atoms with Gasteiger partial charge in [0.15, 0.2) is 17.3 Å². The van der Waals surface area contributed by atoms with Gasteiger partial charge in [0.25, 0.3) is 0 Å². The molecule has 5 rings (SSSR count). The Morgan fingerprint density at radius 2 is 1.98 bits per heavy atom. The van der Waals surface area contributed by atoms with Crippen molar-refractivity contribution in [3.8, 4) is 40.2 Å². The largest absolute Gasteiger partial charge is 0.433 e. The van der Waals surface area contributed by atoms with Gasteiger partial charge in [0.05, 0.1) is 22.2 Å². The van der Waals surface area contributed by atoms with E-state index in [-0.39, 0.29) is 23.8 Å². The van der Waals surface area contributed by atoms with Crippen molar-refractivity contribution in [1.82, 2.24) is 24.8 Å². The molecule has 3 aromatic heterocycles. The van der Waals surface area contributed by atoms with Gasteiger partial charge in [-0.3, -0.25) is 4.79 Å². The number of hydrogen-bond acceptors (Lipinski definition) is 7. The SMILES string of the molecule is C=CC(=O)NCc1ccc(-c2c(-c3ccc(Oc4nccc(C(F)(F)F)n4)c(F)c3)c3c(N)ncc(C#N)c3n2C)c(C)c1. The number of aryl methyl sites for hydroxylation is 2. The Morgan fingerprint density at radius 1 is 1.20 bits per heavy atom. The van der Waals surface area contributed by atoms with Gasteiger partial charge in [-0.2, -0.15) is 23.4 Å². The second kappa shape index (κ2) is 11.5. The molecule has 0 aliphatic carbocycles. The van der Waals surface area contributed by atoms with Crippen LogP contribution in [0.2, 0.25) is 0 Å². The van der Waals surface area contributed by atoms with Crippen LogP contribution in [-0.4, -0.2) is 25.4 Å². The Bertz CT molecular complexity index is 1990. The topological polar surface area (TPSA) is 132 Å². The molecule has 0 saturated heterocycles. The van der Waals surface area contributed by atoms with E-state index in [0.717, 1.165) is 29.0 Å². The third kappa shape index (κ3) is 5.52. The van der Waals surface area contributed by atoms with Crippen LogP contribution in [0.5, 0.6) is 11.8 Å². The van der Waals surface area contributed by atoms with Gasteiger partial charge < -0.3 is 20.4 Å². The number of hydrogen-bond donors (Lipinski definition) is 2. The number of carbonyl (C=O) groups is 1. The second-order valence-corrected chi connectivity index (χ2v) is 9.72. The molecule has 0 saturated carbocycles. The van der Waals surface area contributed by atoms with Crippen LogP contribution in [0.1, 0.15) is 22.4 Å². The summed E-state index contributed by atoms with van der Waals surface area (Å²) in [7, 11) is 1.75. The summed E-state index contributed by atoms with van der Waals surface area (Å²) < 4.78 is 61.8. The fourth-order valence-electron chi connectivity index (χ4n) is 4.93. The molecular weight excluding hydrogens is 578 g/mol. The van der Waals surface area contributed by atoms with Crippen LogP contribution in [0.3, 0.4) is 0 Å². The number of alkyl halides is 3. The van der Waals surface area contributed by atoms with Gasteiger partial charge in [0, 0.05) is 37.1 Å². The zero-order valence-electron chi connectivity index (χ0n) is 23.3. The van der Waals surface area contributed by atoms with Gasteiger partial charge in [-0.25, -0.2) is 14.4 Å². The molecular formula is C31H23F4N7O2. The molecule has 0 atom stereocenters. The normalized spacial score (nSPS) is 11.3. The van der Waals surface area contributed by atoms with Crippen molar-refractivity contribution in [2.24, 2.45) is 7.05 Å². The first-order valence-corrected chi connectivity index (χ1v) is 13.0. The summed E-state index contributed by atoms with van der Waals surface area (Å²) in [6.45, 7) is 5.58. The molecule has 0 radical (unpaired) electrons. The average Bonchev–Trinajstić information content (AvgIpc) is 3.30. The highest BCUT2D eigenvalue weighted by Crippen LogP contribution is 2.45. The number of nitrogens with two attached hydrogens (primary N) is 1.